The van der Waals surface area contributed by atoms with E-state index in [1.165, 1.54) is 30.2 Å². The van der Waals surface area contributed by atoms with E-state index in [1.54, 1.807) is 36.6 Å². The van der Waals surface area contributed by atoms with Gasteiger partial charge in [-0.1, -0.05) is 12.1 Å². The van der Waals surface area contributed by atoms with Crippen molar-refractivity contribution >= 4 is 17.5 Å². The summed E-state index contributed by atoms with van der Waals surface area (Å²) >= 11 is 1.53. The standard InChI is InChI=1S/C19H16F2O4S/c20-19(21)25-14-7-5-13(6-8-14)18(26-12-15-3-1-9-23-15)11-16(22)17-4-2-10-24-17/h1-10,18-19H,11-12H2/t18-/m1/s1. The number of ether oxygens (including phenoxy) is 1. The predicted octanol–water partition coefficient (Wildman–Crippen LogP) is 5.72. The van der Waals surface area contributed by atoms with Crippen molar-refractivity contribution in [2.24, 2.45) is 0 Å². The Morgan fingerprint density at radius 3 is 2.38 bits per heavy atom. The molecule has 0 amide bonds. The van der Waals surface area contributed by atoms with Crippen molar-refractivity contribution in [1.82, 2.24) is 0 Å². The van der Waals surface area contributed by atoms with Crippen molar-refractivity contribution in [3.8, 4) is 5.75 Å². The Balaban J connectivity index is 1.73. The highest BCUT2D eigenvalue weighted by molar-refractivity contribution is 7.98. The van der Waals surface area contributed by atoms with E-state index < -0.39 is 6.61 Å². The van der Waals surface area contributed by atoms with Crippen LogP contribution in [0.1, 0.15) is 33.5 Å². The lowest BCUT2D eigenvalue weighted by Gasteiger charge is -2.16. The molecule has 0 bridgehead atoms. The third-order valence-corrected chi connectivity index (χ3v) is 4.94. The molecule has 0 aliphatic rings. The highest BCUT2D eigenvalue weighted by Crippen LogP contribution is 2.36. The van der Waals surface area contributed by atoms with Crippen LogP contribution in [0, 0.1) is 0 Å². The topological polar surface area (TPSA) is 52.6 Å². The molecule has 2 aromatic heterocycles. The van der Waals surface area contributed by atoms with E-state index in [0.717, 1.165) is 11.3 Å². The van der Waals surface area contributed by atoms with Crippen molar-refractivity contribution < 1.29 is 27.1 Å². The summed E-state index contributed by atoms with van der Waals surface area (Å²) in [6.07, 6.45) is 3.26. The average Bonchev–Trinajstić information content (AvgIpc) is 3.32. The number of furan rings is 2. The summed E-state index contributed by atoms with van der Waals surface area (Å²) in [5, 5.41) is -0.182. The van der Waals surface area contributed by atoms with Crippen molar-refractivity contribution in [3.05, 3.63) is 78.1 Å². The molecular formula is C19H16F2O4S. The Labute approximate surface area is 153 Å². The third kappa shape index (κ3) is 4.98. The Kier molecular flexibility index (Phi) is 6.12. The largest absolute Gasteiger partial charge is 0.468 e. The van der Waals surface area contributed by atoms with Crippen LogP contribution in [0.4, 0.5) is 8.78 Å². The monoisotopic (exact) mass is 378 g/mol. The highest BCUT2D eigenvalue weighted by Gasteiger charge is 2.20. The van der Waals surface area contributed by atoms with Gasteiger partial charge in [0.15, 0.2) is 11.5 Å². The summed E-state index contributed by atoms with van der Waals surface area (Å²) < 4.78 is 39.5. The molecule has 0 fully saturated rings. The fourth-order valence-electron chi connectivity index (χ4n) is 2.42. The van der Waals surface area contributed by atoms with Crippen LogP contribution in [-0.2, 0) is 5.75 Å². The van der Waals surface area contributed by atoms with Gasteiger partial charge in [-0.2, -0.15) is 8.78 Å². The Bertz CT molecular complexity index is 799. The van der Waals surface area contributed by atoms with Crippen molar-refractivity contribution in [2.45, 2.75) is 24.0 Å². The molecule has 0 saturated carbocycles. The van der Waals surface area contributed by atoms with Crippen LogP contribution >= 0.6 is 11.8 Å². The molecule has 3 aromatic rings. The van der Waals surface area contributed by atoms with E-state index in [4.69, 9.17) is 8.83 Å². The minimum absolute atomic E-state index is 0.0795. The number of ketones is 1. The number of thioether (sulfide) groups is 1. The van der Waals surface area contributed by atoms with Gasteiger partial charge in [0, 0.05) is 11.7 Å². The lowest BCUT2D eigenvalue weighted by atomic mass is 10.1. The summed E-state index contributed by atoms with van der Waals surface area (Å²) in [5.41, 5.74) is 0.836. The van der Waals surface area contributed by atoms with Gasteiger partial charge in [0.1, 0.15) is 11.5 Å². The minimum atomic E-state index is -2.87. The molecule has 0 radical (unpaired) electrons. The fourth-order valence-corrected chi connectivity index (χ4v) is 3.57. The highest BCUT2D eigenvalue weighted by atomic mass is 32.2. The molecule has 3 rings (SSSR count). The first-order valence-corrected chi connectivity index (χ1v) is 8.92. The van der Waals surface area contributed by atoms with Crippen LogP contribution in [0.2, 0.25) is 0 Å². The second kappa shape index (κ2) is 8.71. The number of carbonyl (C=O) groups is 1. The number of benzene rings is 1. The molecule has 0 N–H and O–H groups in total. The van der Waals surface area contributed by atoms with Gasteiger partial charge in [-0.15, -0.1) is 11.8 Å². The first-order valence-electron chi connectivity index (χ1n) is 7.87. The zero-order valence-electron chi connectivity index (χ0n) is 13.6. The summed E-state index contributed by atoms with van der Waals surface area (Å²) in [5.74, 6) is 1.63. The van der Waals surface area contributed by atoms with E-state index in [1.807, 2.05) is 6.07 Å². The van der Waals surface area contributed by atoms with Crippen molar-refractivity contribution in [3.63, 3.8) is 0 Å². The summed E-state index contributed by atoms with van der Waals surface area (Å²) in [4.78, 5) is 12.4. The van der Waals surface area contributed by atoms with Crippen LogP contribution in [0.25, 0.3) is 0 Å². The lowest BCUT2D eigenvalue weighted by Crippen LogP contribution is -2.06. The van der Waals surface area contributed by atoms with E-state index in [2.05, 4.69) is 4.74 Å². The van der Waals surface area contributed by atoms with Gasteiger partial charge in [-0.3, -0.25) is 4.79 Å². The predicted molar refractivity (Wildman–Crippen MR) is 93.5 cm³/mol. The van der Waals surface area contributed by atoms with E-state index in [-0.39, 0.29) is 23.2 Å². The molecule has 2 heterocycles. The van der Waals surface area contributed by atoms with Crippen LogP contribution in [0.3, 0.4) is 0 Å². The number of alkyl halides is 2. The third-order valence-electron chi connectivity index (χ3n) is 3.65. The average molecular weight is 378 g/mol. The maximum Gasteiger partial charge on any atom is 0.387 e. The molecule has 0 aliphatic carbocycles. The quantitative estimate of drug-likeness (QED) is 0.446. The molecule has 0 unspecified atom stereocenters. The fraction of sp³-hybridized carbons (Fsp3) is 0.211. The van der Waals surface area contributed by atoms with Gasteiger partial charge in [0.25, 0.3) is 0 Å². The smallest absolute Gasteiger partial charge is 0.387 e. The van der Waals surface area contributed by atoms with Crippen molar-refractivity contribution in [2.75, 3.05) is 0 Å². The molecule has 1 aromatic carbocycles. The van der Waals surface area contributed by atoms with Crippen LogP contribution in [-0.4, -0.2) is 12.4 Å². The van der Waals surface area contributed by atoms with E-state index >= 15 is 0 Å². The Hall–Kier alpha value is -2.54. The second-order valence-corrected chi connectivity index (χ2v) is 6.62. The molecule has 7 heteroatoms. The zero-order chi connectivity index (χ0) is 18.4. The maximum atomic E-state index is 12.4. The first-order chi connectivity index (χ1) is 12.6. The Morgan fingerprint density at radius 1 is 1.04 bits per heavy atom. The van der Waals surface area contributed by atoms with E-state index in [9.17, 15) is 13.6 Å². The van der Waals surface area contributed by atoms with Crippen molar-refractivity contribution in [1.29, 1.82) is 0 Å². The number of hydrogen-bond donors (Lipinski definition) is 0. The molecule has 0 saturated heterocycles. The number of halogens is 2. The number of carbonyl (C=O) groups excluding carboxylic acids is 1. The first kappa shape index (κ1) is 18.3. The van der Waals surface area contributed by atoms with Crippen LogP contribution < -0.4 is 4.74 Å². The molecule has 136 valence electrons. The van der Waals surface area contributed by atoms with Gasteiger partial charge >= 0.3 is 6.61 Å². The van der Waals surface area contributed by atoms with Gasteiger partial charge in [0.05, 0.1) is 18.3 Å². The number of hydrogen-bond acceptors (Lipinski definition) is 5. The molecule has 1 atom stereocenters. The molecule has 26 heavy (non-hydrogen) atoms. The van der Waals surface area contributed by atoms with E-state index in [0.29, 0.717) is 11.5 Å². The SMILES string of the molecule is O=C(C[C@@H](SCc1ccco1)c1ccc(OC(F)F)cc1)c1ccco1. The van der Waals surface area contributed by atoms with Gasteiger partial charge in [-0.05, 0) is 42.0 Å². The lowest BCUT2D eigenvalue weighted by molar-refractivity contribution is -0.0498. The normalized spacial score (nSPS) is 12.3. The zero-order valence-corrected chi connectivity index (χ0v) is 14.5. The maximum absolute atomic E-state index is 12.4. The van der Waals surface area contributed by atoms with Crippen LogP contribution in [0.5, 0.6) is 5.75 Å². The van der Waals surface area contributed by atoms with Gasteiger partial charge in [-0.25, -0.2) is 0 Å². The molecular weight excluding hydrogens is 362 g/mol. The number of Topliss-reactive ketones (excluding diaryl/α,β-unsaturated/α-hetero) is 1. The minimum Gasteiger partial charge on any atom is -0.468 e. The summed E-state index contributed by atoms with van der Waals surface area (Å²) in [6.45, 7) is -2.87. The van der Waals surface area contributed by atoms with Gasteiger partial charge < -0.3 is 13.6 Å². The summed E-state index contributed by atoms with van der Waals surface area (Å²) in [6, 6.07) is 13.3. The molecule has 0 spiro atoms. The summed E-state index contributed by atoms with van der Waals surface area (Å²) in [7, 11) is 0. The van der Waals surface area contributed by atoms with Gasteiger partial charge in [0.2, 0.25) is 0 Å². The number of rotatable bonds is 9. The Morgan fingerprint density at radius 2 is 1.77 bits per heavy atom. The molecule has 4 nitrogen and oxygen atoms in total. The van der Waals surface area contributed by atoms with Crippen LogP contribution in [0.15, 0.2) is 69.9 Å². The second-order valence-electron chi connectivity index (χ2n) is 5.43. The molecule has 0 aliphatic heterocycles.